The number of benzene rings is 1. The Morgan fingerprint density at radius 3 is 2.56 bits per heavy atom. The van der Waals surface area contributed by atoms with Gasteiger partial charge in [0.1, 0.15) is 6.61 Å². The maximum absolute atomic E-state index is 11.8. The number of methoxy groups -OCH3 is 1. The Morgan fingerprint density at radius 2 is 2.06 bits per heavy atom. The first kappa shape index (κ1) is 12.7. The van der Waals surface area contributed by atoms with Crippen molar-refractivity contribution in [2.24, 2.45) is 0 Å². The van der Waals surface area contributed by atoms with Crippen molar-refractivity contribution in [3.8, 4) is 0 Å². The van der Waals surface area contributed by atoms with Crippen molar-refractivity contribution in [1.82, 2.24) is 0 Å². The lowest BCUT2D eigenvalue weighted by atomic mass is 10.2. The van der Waals surface area contributed by atoms with Crippen LogP contribution in [0.5, 0.6) is 0 Å². The van der Waals surface area contributed by atoms with Crippen LogP contribution >= 0.6 is 0 Å². The van der Waals surface area contributed by atoms with Crippen molar-refractivity contribution >= 4 is 11.6 Å². The number of aliphatic hydroxyl groups is 1. The van der Waals surface area contributed by atoms with Crippen LogP contribution in [0.4, 0.5) is 5.69 Å². The Balaban J connectivity index is 2.92. The number of nitrogens with zero attached hydrogens (tertiary/aromatic N) is 1. The van der Waals surface area contributed by atoms with E-state index in [1.807, 2.05) is 30.3 Å². The number of anilines is 1. The zero-order valence-corrected chi connectivity index (χ0v) is 9.59. The topological polar surface area (TPSA) is 49.8 Å². The van der Waals surface area contributed by atoms with E-state index in [1.54, 1.807) is 11.8 Å². The summed E-state index contributed by atoms with van der Waals surface area (Å²) in [5, 5.41) is 9.15. The predicted molar refractivity (Wildman–Crippen MR) is 62.4 cm³/mol. The molecule has 0 saturated carbocycles. The van der Waals surface area contributed by atoms with Gasteiger partial charge >= 0.3 is 0 Å². The van der Waals surface area contributed by atoms with Gasteiger partial charge in [-0.2, -0.15) is 0 Å². The molecule has 0 radical (unpaired) electrons. The SMILES string of the molecule is COCC(=O)N(c1ccccc1)C(C)CO. The number of carbonyl (C=O) groups is 1. The molecule has 1 amide bonds. The molecule has 0 spiro atoms. The van der Waals surface area contributed by atoms with E-state index in [4.69, 9.17) is 9.84 Å². The van der Waals surface area contributed by atoms with Gasteiger partial charge in [-0.05, 0) is 19.1 Å². The van der Waals surface area contributed by atoms with E-state index < -0.39 is 0 Å². The first-order valence-corrected chi connectivity index (χ1v) is 5.17. The van der Waals surface area contributed by atoms with Gasteiger partial charge in [-0.1, -0.05) is 18.2 Å². The van der Waals surface area contributed by atoms with Gasteiger partial charge in [0, 0.05) is 12.8 Å². The summed E-state index contributed by atoms with van der Waals surface area (Å²) in [6.07, 6.45) is 0. The van der Waals surface area contributed by atoms with E-state index in [-0.39, 0.29) is 25.2 Å². The highest BCUT2D eigenvalue weighted by Gasteiger charge is 2.20. The molecule has 0 aliphatic heterocycles. The molecule has 16 heavy (non-hydrogen) atoms. The zero-order valence-electron chi connectivity index (χ0n) is 9.59. The third-order valence-electron chi connectivity index (χ3n) is 2.28. The molecule has 1 unspecified atom stereocenters. The number of hydrogen-bond donors (Lipinski definition) is 1. The summed E-state index contributed by atoms with van der Waals surface area (Å²) in [6.45, 7) is 1.73. The van der Waals surface area contributed by atoms with Crippen LogP contribution in [0.2, 0.25) is 0 Å². The van der Waals surface area contributed by atoms with Crippen molar-refractivity contribution in [2.45, 2.75) is 13.0 Å². The fraction of sp³-hybridized carbons (Fsp3) is 0.417. The van der Waals surface area contributed by atoms with Crippen molar-refractivity contribution < 1.29 is 14.6 Å². The number of rotatable bonds is 5. The number of carbonyl (C=O) groups excluding carboxylic acids is 1. The summed E-state index contributed by atoms with van der Waals surface area (Å²) in [5.74, 6) is -0.157. The van der Waals surface area contributed by atoms with Crippen molar-refractivity contribution in [2.75, 3.05) is 25.2 Å². The second kappa shape index (κ2) is 6.25. The number of hydrogen-bond acceptors (Lipinski definition) is 3. The molecule has 4 nitrogen and oxygen atoms in total. The molecule has 0 saturated heterocycles. The molecule has 0 aliphatic carbocycles. The summed E-state index contributed by atoms with van der Waals surface area (Å²) >= 11 is 0. The van der Waals surface area contributed by atoms with Gasteiger partial charge in [-0.3, -0.25) is 4.79 Å². The lowest BCUT2D eigenvalue weighted by Gasteiger charge is -2.27. The molecule has 1 aromatic rings. The largest absolute Gasteiger partial charge is 0.394 e. The smallest absolute Gasteiger partial charge is 0.253 e. The van der Waals surface area contributed by atoms with Gasteiger partial charge in [0.05, 0.1) is 12.6 Å². The van der Waals surface area contributed by atoms with Gasteiger partial charge in [0.2, 0.25) is 0 Å². The normalized spacial score (nSPS) is 12.2. The molecule has 0 bridgehead atoms. The molecule has 0 aromatic heterocycles. The first-order valence-electron chi connectivity index (χ1n) is 5.17. The van der Waals surface area contributed by atoms with E-state index in [1.165, 1.54) is 7.11 Å². The summed E-state index contributed by atoms with van der Waals surface area (Å²) in [6, 6.07) is 9.00. The minimum absolute atomic E-state index is 0.0131. The zero-order chi connectivity index (χ0) is 12.0. The van der Waals surface area contributed by atoms with Crippen LogP contribution in [0.3, 0.4) is 0 Å². The molecule has 4 heteroatoms. The molecule has 1 N–H and O–H groups in total. The van der Waals surface area contributed by atoms with Crippen LogP contribution in [0.1, 0.15) is 6.92 Å². The number of aliphatic hydroxyl groups excluding tert-OH is 1. The minimum atomic E-state index is -0.259. The second-order valence-corrected chi connectivity index (χ2v) is 3.56. The lowest BCUT2D eigenvalue weighted by molar-refractivity contribution is -0.122. The van der Waals surface area contributed by atoms with Gasteiger partial charge in [-0.25, -0.2) is 0 Å². The van der Waals surface area contributed by atoms with Crippen molar-refractivity contribution in [1.29, 1.82) is 0 Å². The molecule has 1 rings (SSSR count). The van der Waals surface area contributed by atoms with Crippen LogP contribution in [0.25, 0.3) is 0 Å². The summed E-state index contributed by atoms with van der Waals surface area (Å²) in [7, 11) is 1.48. The fourth-order valence-electron chi connectivity index (χ4n) is 1.51. The van der Waals surface area contributed by atoms with Gasteiger partial charge in [-0.15, -0.1) is 0 Å². The molecule has 0 aliphatic rings. The monoisotopic (exact) mass is 223 g/mol. The highest BCUT2D eigenvalue weighted by Crippen LogP contribution is 2.16. The molecule has 1 atom stereocenters. The molecule has 88 valence electrons. The lowest BCUT2D eigenvalue weighted by Crippen LogP contribution is -2.42. The van der Waals surface area contributed by atoms with Crippen molar-refractivity contribution in [3.63, 3.8) is 0 Å². The van der Waals surface area contributed by atoms with Crippen LogP contribution in [0.15, 0.2) is 30.3 Å². The van der Waals surface area contributed by atoms with E-state index in [0.717, 1.165) is 5.69 Å². The standard InChI is InChI=1S/C12H17NO3/c1-10(8-14)13(12(15)9-16-2)11-6-4-3-5-7-11/h3-7,10,14H,8-9H2,1-2H3. The van der Waals surface area contributed by atoms with Gasteiger partial charge in [0.25, 0.3) is 5.91 Å². The van der Waals surface area contributed by atoms with Gasteiger partial charge in [0.15, 0.2) is 0 Å². The number of para-hydroxylation sites is 1. The molecular formula is C12H17NO3. The summed E-state index contributed by atoms with van der Waals surface area (Å²) in [4.78, 5) is 13.4. The second-order valence-electron chi connectivity index (χ2n) is 3.56. The highest BCUT2D eigenvalue weighted by atomic mass is 16.5. The van der Waals surface area contributed by atoms with Gasteiger partial charge < -0.3 is 14.7 Å². The number of amides is 1. The Kier molecular flexibility index (Phi) is 4.95. The van der Waals surface area contributed by atoms with Crippen LogP contribution < -0.4 is 4.90 Å². The number of ether oxygens (including phenoxy) is 1. The average molecular weight is 223 g/mol. The molecule has 0 heterocycles. The minimum Gasteiger partial charge on any atom is -0.394 e. The Morgan fingerprint density at radius 1 is 1.44 bits per heavy atom. The van der Waals surface area contributed by atoms with E-state index in [2.05, 4.69) is 0 Å². The Hall–Kier alpha value is -1.39. The first-order chi connectivity index (χ1) is 7.70. The Labute approximate surface area is 95.5 Å². The maximum Gasteiger partial charge on any atom is 0.253 e. The Bertz CT molecular complexity index is 326. The fourth-order valence-corrected chi connectivity index (χ4v) is 1.51. The molecular weight excluding hydrogens is 206 g/mol. The van der Waals surface area contributed by atoms with E-state index in [9.17, 15) is 4.79 Å². The third kappa shape index (κ3) is 3.05. The van der Waals surface area contributed by atoms with Crippen LogP contribution in [-0.4, -0.2) is 37.4 Å². The molecule has 1 aromatic carbocycles. The van der Waals surface area contributed by atoms with Crippen molar-refractivity contribution in [3.05, 3.63) is 30.3 Å². The van der Waals surface area contributed by atoms with E-state index >= 15 is 0 Å². The van der Waals surface area contributed by atoms with E-state index in [0.29, 0.717) is 0 Å². The highest BCUT2D eigenvalue weighted by molar-refractivity contribution is 5.94. The molecule has 0 fully saturated rings. The predicted octanol–water partition coefficient (Wildman–Crippen LogP) is 1.05. The quantitative estimate of drug-likeness (QED) is 0.811. The third-order valence-corrected chi connectivity index (χ3v) is 2.28. The average Bonchev–Trinajstić information content (AvgIpc) is 2.31. The summed E-state index contributed by atoms with van der Waals surface area (Å²) < 4.78 is 4.83. The van der Waals surface area contributed by atoms with Crippen LogP contribution in [-0.2, 0) is 9.53 Å². The van der Waals surface area contributed by atoms with Crippen LogP contribution in [0, 0.1) is 0 Å². The maximum atomic E-state index is 11.8. The summed E-state index contributed by atoms with van der Waals surface area (Å²) in [5.41, 5.74) is 0.770.